The van der Waals surface area contributed by atoms with Gasteiger partial charge in [0.2, 0.25) is 5.95 Å². The summed E-state index contributed by atoms with van der Waals surface area (Å²) in [7, 11) is 0. The van der Waals surface area contributed by atoms with E-state index < -0.39 is 5.82 Å². The first-order valence-corrected chi connectivity index (χ1v) is 9.53. The zero-order valence-corrected chi connectivity index (χ0v) is 16.2. The number of ether oxygens (including phenoxy) is 1. The van der Waals surface area contributed by atoms with Crippen molar-refractivity contribution in [3.05, 3.63) is 47.5 Å². The van der Waals surface area contributed by atoms with Gasteiger partial charge in [0.1, 0.15) is 5.69 Å². The number of pyridine rings is 1. The fourth-order valence-corrected chi connectivity index (χ4v) is 3.79. The average Bonchev–Trinajstić information content (AvgIpc) is 2.69. The summed E-state index contributed by atoms with van der Waals surface area (Å²) in [5.74, 6) is -0.131. The highest BCUT2D eigenvalue weighted by molar-refractivity contribution is 5.88. The summed E-state index contributed by atoms with van der Waals surface area (Å²) in [6.07, 6.45) is 3.08. The first-order chi connectivity index (χ1) is 13.5. The van der Waals surface area contributed by atoms with Gasteiger partial charge in [-0.2, -0.15) is 0 Å². The van der Waals surface area contributed by atoms with Gasteiger partial charge < -0.3 is 10.5 Å². The number of aromatic nitrogens is 3. The zero-order chi connectivity index (χ0) is 19.7. The lowest BCUT2D eigenvalue weighted by molar-refractivity contribution is 0.0340. The molecule has 1 aliphatic heterocycles. The third-order valence-electron chi connectivity index (χ3n) is 5.10. The molecule has 2 N–H and O–H groups in total. The van der Waals surface area contributed by atoms with E-state index in [1.165, 1.54) is 11.1 Å². The average molecular weight is 381 g/mol. The number of fused-ring (bicyclic) bond motifs is 1. The third kappa shape index (κ3) is 3.68. The predicted octanol–water partition coefficient (Wildman–Crippen LogP) is 3.37. The van der Waals surface area contributed by atoms with Gasteiger partial charge >= 0.3 is 0 Å². The van der Waals surface area contributed by atoms with E-state index in [-0.39, 0.29) is 11.6 Å². The van der Waals surface area contributed by atoms with Crippen LogP contribution in [0.2, 0.25) is 0 Å². The maximum atomic E-state index is 14.3. The van der Waals surface area contributed by atoms with Gasteiger partial charge in [-0.3, -0.25) is 9.88 Å². The Labute approximate surface area is 163 Å². The number of nitrogen functional groups attached to an aromatic ring is 1. The molecule has 4 rings (SSSR count). The second-order valence-electron chi connectivity index (χ2n) is 7.40. The zero-order valence-electron chi connectivity index (χ0n) is 16.2. The normalized spacial score (nSPS) is 15.4. The molecule has 1 aromatic carbocycles. The fraction of sp³-hybridized carbons (Fsp3) is 0.381. The summed E-state index contributed by atoms with van der Waals surface area (Å²) >= 11 is 0. The van der Waals surface area contributed by atoms with Crippen LogP contribution in [0.4, 0.5) is 10.3 Å². The van der Waals surface area contributed by atoms with Crippen LogP contribution in [-0.2, 0) is 11.3 Å². The number of morpholine rings is 1. The highest BCUT2D eigenvalue weighted by atomic mass is 19.1. The Bertz CT molecular complexity index is 1000. The van der Waals surface area contributed by atoms with E-state index in [2.05, 4.69) is 33.7 Å². The van der Waals surface area contributed by atoms with Crippen molar-refractivity contribution in [2.24, 2.45) is 0 Å². The Balaban J connectivity index is 1.82. The highest BCUT2D eigenvalue weighted by Crippen LogP contribution is 2.32. The molecule has 0 atom stereocenters. The summed E-state index contributed by atoms with van der Waals surface area (Å²) in [5, 5.41) is 1.02. The van der Waals surface area contributed by atoms with Crippen molar-refractivity contribution >= 4 is 16.9 Å². The lowest BCUT2D eigenvalue weighted by Crippen LogP contribution is -2.36. The van der Waals surface area contributed by atoms with Gasteiger partial charge in [-0.15, -0.1) is 0 Å². The smallest absolute Gasteiger partial charge is 0.220 e. The van der Waals surface area contributed by atoms with Crippen LogP contribution < -0.4 is 5.73 Å². The van der Waals surface area contributed by atoms with Crippen molar-refractivity contribution in [1.82, 2.24) is 19.9 Å². The van der Waals surface area contributed by atoms with Gasteiger partial charge in [0.05, 0.1) is 24.9 Å². The molecule has 3 aromatic rings. The molecule has 2 aromatic heterocycles. The number of anilines is 1. The molecule has 1 saturated heterocycles. The monoisotopic (exact) mass is 381 g/mol. The summed E-state index contributed by atoms with van der Waals surface area (Å²) < 4.78 is 19.7. The van der Waals surface area contributed by atoms with E-state index in [9.17, 15) is 4.39 Å². The third-order valence-corrected chi connectivity index (χ3v) is 5.10. The molecule has 0 spiro atoms. The highest BCUT2D eigenvalue weighted by Gasteiger charge is 2.18. The van der Waals surface area contributed by atoms with Crippen LogP contribution in [0.3, 0.4) is 0 Å². The van der Waals surface area contributed by atoms with Crippen LogP contribution in [0, 0.1) is 5.82 Å². The fourth-order valence-electron chi connectivity index (χ4n) is 3.79. The van der Waals surface area contributed by atoms with E-state index in [4.69, 9.17) is 10.5 Å². The van der Waals surface area contributed by atoms with Crippen molar-refractivity contribution in [2.45, 2.75) is 26.3 Å². The van der Waals surface area contributed by atoms with Crippen molar-refractivity contribution < 1.29 is 9.13 Å². The lowest BCUT2D eigenvalue weighted by Gasteiger charge is -2.28. The maximum Gasteiger partial charge on any atom is 0.220 e. The number of nitrogens with zero attached hydrogens (tertiary/aromatic N) is 4. The van der Waals surface area contributed by atoms with E-state index >= 15 is 0 Å². The molecule has 0 saturated carbocycles. The van der Waals surface area contributed by atoms with Gasteiger partial charge in [-0.25, -0.2) is 14.4 Å². The standard InChI is InChI=1S/C21H24FN5O/c1-13(2)19-15(12-27-5-7-28-8-6-27)10-24-18-4-3-14(9-16(18)19)20-17(22)11-25-21(23)26-20/h3-4,9-11,13H,5-8,12H2,1-2H3,(H2,23,25,26). The topological polar surface area (TPSA) is 77.2 Å². The molecule has 0 amide bonds. The number of benzene rings is 1. The molecule has 0 radical (unpaired) electrons. The summed E-state index contributed by atoms with van der Waals surface area (Å²) in [4.78, 5) is 14.8. The maximum absolute atomic E-state index is 14.3. The van der Waals surface area contributed by atoms with Gasteiger partial charge in [-0.1, -0.05) is 19.9 Å². The quantitative estimate of drug-likeness (QED) is 0.747. The van der Waals surface area contributed by atoms with Gasteiger partial charge in [0.15, 0.2) is 5.82 Å². The SMILES string of the molecule is CC(C)c1c(CN2CCOCC2)cnc2ccc(-c3nc(N)ncc3F)cc12. The second kappa shape index (κ2) is 7.77. The van der Waals surface area contributed by atoms with Crippen LogP contribution in [0.25, 0.3) is 22.2 Å². The summed E-state index contributed by atoms with van der Waals surface area (Å²) in [6.45, 7) is 8.54. The van der Waals surface area contributed by atoms with Crippen molar-refractivity contribution in [3.8, 4) is 11.3 Å². The molecule has 3 heterocycles. The largest absolute Gasteiger partial charge is 0.379 e. The Morgan fingerprint density at radius 3 is 2.71 bits per heavy atom. The van der Waals surface area contributed by atoms with Crippen LogP contribution in [0.1, 0.15) is 30.9 Å². The van der Waals surface area contributed by atoms with Crippen LogP contribution >= 0.6 is 0 Å². The van der Waals surface area contributed by atoms with Crippen LogP contribution in [0.5, 0.6) is 0 Å². The molecule has 146 valence electrons. The molecule has 7 heteroatoms. The van der Waals surface area contributed by atoms with Gasteiger partial charge in [0, 0.05) is 36.8 Å². The molecule has 0 unspecified atom stereocenters. The lowest BCUT2D eigenvalue weighted by atomic mass is 9.92. The van der Waals surface area contributed by atoms with Crippen LogP contribution in [-0.4, -0.2) is 46.2 Å². The molecular formula is C21H24FN5O. The van der Waals surface area contributed by atoms with Gasteiger partial charge in [0.25, 0.3) is 0 Å². The summed E-state index contributed by atoms with van der Waals surface area (Å²) in [6, 6.07) is 5.70. The molecule has 6 nitrogen and oxygen atoms in total. The first kappa shape index (κ1) is 18.7. The first-order valence-electron chi connectivity index (χ1n) is 9.53. The van der Waals surface area contributed by atoms with Crippen LogP contribution in [0.15, 0.2) is 30.6 Å². The van der Waals surface area contributed by atoms with E-state index in [1.807, 2.05) is 24.4 Å². The number of halogens is 1. The van der Waals surface area contributed by atoms with Gasteiger partial charge in [-0.05, 0) is 29.2 Å². The molecule has 1 fully saturated rings. The molecular weight excluding hydrogens is 357 g/mol. The van der Waals surface area contributed by atoms with Crippen molar-refractivity contribution in [2.75, 3.05) is 32.0 Å². The van der Waals surface area contributed by atoms with E-state index in [0.717, 1.165) is 49.9 Å². The Morgan fingerprint density at radius 2 is 1.96 bits per heavy atom. The van der Waals surface area contributed by atoms with Crippen molar-refractivity contribution in [3.63, 3.8) is 0 Å². The minimum atomic E-state index is -0.489. The Kier molecular flexibility index (Phi) is 5.19. The Morgan fingerprint density at radius 1 is 1.18 bits per heavy atom. The number of hydrogen-bond donors (Lipinski definition) is 1. The number of nitrogens with two attached hydrogens (primary N) is 1. The predicted molar refractivity (Wildman–Crippen MR) is 107 cm³/mol. The molecule has 28 heavy (non-hydrogen) atoms. The Hall–Kier alpha value is -2.64. The molecule has 0 aliphatic carbocycles. The van der Waals surface area contributed by atoms with E-state index in [0.29, 0.717) is 11.5 Å². The number of rotatable bonds is 4. The minimum absolute atomic E-state index is 0.0553. The van der Waals surface area contributed by atoms with E-state index in [1.54, 1.807) is 0 Å². The molecule has 1 aliphatic rings. The number of hydrogen-bond acceptors (Lipinski definition) is 6. The molecule has 0 bridgehead atoms. The minimum Gasteiger partial charge on any atom is -0.379 e. The van der Waals surface area contributed by atoms with Crippen molar-refractivity contribution in [1.29, 1.82) is 0 Å². The second-order valence-corrected chi connectivity index (χ2v) is 7.40. The summed E-state index contributed by atoms with van der Waals surface area (Å²) in [5.41, 5.74) is 9.87.